The van der Waals surface area contributed by atoms with Gasteiger partial charge in [0.25, 0.3) is 0 Å². The van der Waals surface area contributed by atoms with Crippen molar-refractivity contribution in [3.05, 3.63) is 35.9 Å². The third-order valence-corrected chi connectivity index (χ3v) is 3.46. The van der Waals surface area contributed by atoms with Crippen molar-refractivity contribution in [1.29, 1.82) is 0 Å². The first kappa shape index (κ1) is 18.2. The summed E-state index contributed by atoms with van der Waals surface area (Å²) in [6.45, 7) is 7.63. The first-order chi connectivity index (χ1) is 10.3. The van der Waals surface area contributed by atoms with Gasteiger partial charge < -0.3 is 15.8 Å². The second-order valence-corrected chi connectivity index (χ2v) is 6.09. The van der Waals surface area contributed by atoms with E-state index in [1.165, 1.54) is 0 Å². The minimum atomic E-state index is -0.694. The Hall–Kier alpha value is -1.88. The fraction of sp³-hybridized carbons (Fsp3) is 0.529. The summed E-state index contributed by atoms with van der Waals surface area (Å²) in [5.74, 6) is -0.840. The number of hydrogen-bond acceptors (Lipinski definition) is 4. The molecular formula is C17H26N2O3. The van der Waals surface area contributed by atoms with E-state index in [-0.39, 0.29) is 24.3 Å². The number of rotatable bonds is 7. The van der Waals surface area contributed by atoms with Gasteiger partial charge in [-0.15, -0.1) is 0 Å². The van der Waals surface area contributed by atoms with Gasteiger partial charge in [-0.25, -0.2) is 4.79 Å². The molecule has 0 aliphatic carbocycles. The highest BCUT2D eigenvalue weighted by atomic mass is 16.5. The average Bonchev–Trinajstić information content (AvgIpc) is 2.49. The van der Waals surface area contributed by atoms with Crippen molar-refractivity contribution in [2.75, 3.05) is 0 Å². The van der Waals surface area contributed by atoms with E-state index in [1.54, 1.807) is 0 Å². The van der Waals surface area contributed by atoms with Crippen LogP contribution in [0.1, 0.15) is 33.3 Å². The van der Waals surface area contributed by atoms with Crippen LogP contribution in [0.3, 0.4) is 0 Å². The molecule has 0 aliphatic rings. The smallest absolute Gasteiger partial charge is 0.329 e. The Morgan fingerprint density at radius 2 is 1.68 bits per heavy atom. The fourth-order valence-electron chi connectivity index (χ4n) is 1.87. The van der Waals surface area contributed by atoms with Gasteiger partial charge in [-0.05, 0) is 17.4 Å². The number of benzene rings is 1. The summed E-state index contributed by atoms with van der Waals surface area (Å²) >= 11 is 0. The van der Waals surface area contributed by atoms with Gasteiger partial charge in [0, 0.05) is 0 Å². The quantitative estimate of drug-likeness (QED) is 0.753. The van der Waals surface area contributed by atoms with Crippen molar-refractivity contribution in [3.63, 3.8) is 0 Å². The van der Waals surface area contributed by atoms with E-state index in [0.29, 0.717) is 0 Å². The van der Waals surface area contributed by atoms with E-state index in [0.717, 1.165) is 5.56 Å². The molecule has 0 aliphatic heterocycles. The Labute approximate surface area is 132 Å². The Morgan fingerprint density at radius 1 is 1.09 bits per heavy atom. The number of hydrogen-bond donors (Lipinski definition) is 2. The molecule has 1 aromatic rings. The lowest BCUT2D eigenvalue weighted by Crippen LogP contribution is -2.52. The van der Waals surface area contributed by atoms with Gasteiger partial charge in [0.15, 0.2) is 0 Å². The summed E-state index contributed by atoms with van der Waals surface area (Å²) in [5, 5.41) is 2.70. The molecule has 3 N–H and O–H groups in total. The van der Waals surface area contributed by atoms with Gasteiger partial charge in [-0.1, -0.05) is 58.0 Å². The lowest BCUT2D eigenvalue weighted by molar-refractivity contribution is -0.150. The number of esters is 1. The molecule has 0 saturated carbocycles. The number of carbonyl (C=O) groups is 2. The Balaban J connectivity index is 2.62. The molecule has 1 amide bonds. The Bertz CT molecular complexity index is 486. The third kappa shape index (κ3) is 5.48. The van der Waals surface area contributed by atoms with Crippen LogP contribution in [0.4, 0.5) is 0 Å². The topological polar surface area (TPSA) is 81.4 Å². The van der Waals surface area contributed by atoms with Crippen LogP contribution in [0, 0.1) is 11.8 Å². The SMILES string of the molecule is CC(C)[C@H](N)C(=O)N[C@H](C(=O)OCc1ccccc1)C(C)C. The highest BCUT2D eigenvalue weighted by molar-refractivity contribution is 5.87. The maximum Gasteiger partial charge on any atom is 0.329 e. The van der Waals surface area contributed by atoms with E-state index >= 15 is 0 Å². The Morgan fingerprint density at radius 3 is 2.18 bits per heavy atom. The van der Waals surface area contributed by atoms with E-state index in [2.05, 4.69) is 5.32 Å². The second kappa shape index (κ2) is 8.54. The lowest BCUT2D eigenvalue weighted by Gasteiger charge is -2.24. The molecule has 5 nitrogen and oxygen atoms in total. The van der Waals surface area contributed by atoms with Gasteiger partial charge in [-0.2, -0.15) is 0 Å². The lowest BCUT2D eigenvalue weighted by atomic mass is 10.0. The van der Waals surface area contributed by atoms with E-state index < -0.39 is 18.1 Å². The standard InChI is InChI=1S/C17H26N2O3/c1-11(2)14(18)16(20)19-15(12(3)4)17(21)22-10-13-8-6-5-7-9-13/h5-9,11-12,14-15H,10,18H2,1-4H3,(H,19,20)/t14-,15-/m0/s1. The molecule has 0 bridgehead atoms. The zero-order valence-corrected chi connectivity index (χ0v) is 13.7. The fourth-order valence-corrected chi connectivity index (χ4v) is 1.87. The summed E-state index contributed by atoms with van der Waals surface area (Å²) in [5.41, 5.74) is 6.72. The molecule has 0 radical (unpaired) electrons. The molecule has 0 fully saturated rings. The van der Waals surface area contributed by atoms with E-state index in [4.69, 9.17) is 10.5 Å². The second-order valence-electron chi connectivity index (χ2n) is 6.09. The van der Waals surface area contributed by atoms with Crippen LogP contribution in [0.2, 0.25) is 0 Å². The van der Waals surface area contributed by atoms with Crippen LogP contribution in [0.5, 0.6) is 0 Å². The molecule has 22 heavy (non-hydrogen) atoms. The maximum absolute atomic E-state index is 12.2. The predicted octanol–water partition coefficient (Wildman–Crippen LogP) is 1.85. The third-order valence-electron chi connectivity index (χ3n) is 3.46. The van der Waals surface area contributed by atoms with Crippen LogP contribution in [-0.4, -0.2) is 24.0 Å². The highest BCUT2D eigenvalue weighted by Gasteiger charge is 2.28. The summed E-state index contributed by atoms with van der Waals surface area (Å²) in [4.78, 5) is 24.2. The van der Waals surface area contributed by atoms with Gasteiger partial charge in [-0.3, -0.25) is 4.79 Å². The minimum absolute atomic E-state index is 0.00755. The van der Waals surface area contributed by atoms with Crippen LogP contribution in [-0.2, 0) is 20.9 Å². The van der Waals surface area contributed by atoms with Crippen molar-refractivity contribution in [3.8, 4) is 0 Å². The zero-order chi connectivity index (χ0) is 16.7. The molecule has 0 saturated heterocycles. The van der Waals surface area contributed by atoms with Crippen molar-refractivity contribution < 1.29 is 14.3 Å². The molecule has 1 rings (SSSR count). The van der Waals surface area contributed by atoms with Crippen molar-refractivity contribution in [2.45, 2.75) is 46.4 Å². The molecular weight excluding hydrogens is 280 g/mol. The summed E-state index contributed by atoms with van der Waals surface area (Å²) in [6, 6.07) is 8.09. The molecule has 1 aromatic carbocycles. The van der Waals surface area contributed by atoms with E-state index in [9.17, 15) is 9.59 Å². The molecule has 0 unspecified atom stereocenters. The van der Waals surface area contributed by atoms with Crippen molar-refractivity contribution in [2.24, 2.45) is 17.6 Å². The van der Waals surface area contributed by atoms with Gasteiger partial charge in [0.1, 0.15) is 12.6 Å². The number of ether oxygens (including phenoxy) is 1. The monoisotopic (exact) mass is 306 g/mol. The maximum atomic E-state index is 12.2. The molecule has 5 heteroatoms. The number of carbonyl (C=O) groups excluding carboxylic acids is 2. The first-order valence-electron chi connectivity index (χ1n) is 7.59. The molecule has 0 heterocycles. The first-order valence-corrected chi connectivity index (χ1v) is 7.59. The van der Waals surface area contributed by atoms with E-state index in [1.807, 2.05) is 58.0 Å². The van der Waals surface area contributed by atoms with Crippen LogP contribution in [0.15, 0.2) is 30.3 Å². The highest BCUT2D eigenvalue weighted by Crippen LogP contribution is 2.08. The zero-order valence-electron chi connectivity index (χ0n) is 13.7. The molecule has 0 aromatic heterocycles. The molecule has 0 spiro atoms. The van der Waals surface area contributed by atoms with Gasteiger partial charge in [0.05, 0.1) is 6.04 Å². The molecule has 2 atom stereocenters. The summed E-state index contributed by atoms with van der Waals surface area (Å²) in [7, 11) is 0. The summed E-state index contributed by atoms with van der Waals surface area (Å²) < 4.78 is 5.30. The van der Waals surface area contributed by atoms with Crippen LogP contribution >= 0.6 is 0 Å². The minimum Gasteiger partial charge on any atom is -0.459 e. The van der Waals surface area contributed by atoms with Crippen LogP contribution < -0.4 is 11.1 Å². The summed E-state index contributed by atoms with van der Waals surface area (Å²) in [6.07, 6.45) is 0. The van der Waals surface area contributed by atoms with Gasteiger partial charge in [0.2, 0.25) is 5.91 Å². The number of amides is 1. The van der Waals surface area contributed by atoms with Crippen LogP contribution in [0.25, 0.3) is 0 Å². The number of nitrogens with two attached hydrogens (primary N) is 1. The largest absolute Gasteiger partial charge is 0.459 e. The predicted molar refractivity (Wildman–Crippen MR) is 85.8 cm³/mol. The van der Waals surface area contributed by atoms with Crippen molar-refractivity contribution in [1.82, 2.24) is 5.32 Å². The average molecular weight is 306 g/mol. The Kier molecular flexibility index (Phi) is 7.05. The molecule has 122 valence electrons. The van der Waals surface area contributed by atoms with Crippen molar-refractivity contribution >= 4 is 11.9 Å². The number of nitrogens with one attached hydrogen (secondary N) is 1. The van der Waals surface area contributed by atoms with Gasteiger partial charge >= 0.3 is 5.97 Å². The normalized spacial score (nSPS) is 13.8.